The van der Waals surface area contributed by atoms with E-state index in [1.165, 1.54) is 12.8 Å². The molecule has 0 aliphatic heterocycles. The molecule has 1 radical (unpaired) electrons. The van der Waals surface area contributed by atoms with Crippen LogP contribution in [0.1, 0.15) is 39.5 Å². The average Bonchev–Trinajstić information content (AvgIpc) is 2.06. The van der Waals surface area contributed by atoms with Gasteiger partial charge in [0.2, 0.25) is 6.29 Å². The molecule has 0 aliphatic rings. The summed E-state index contributed by atoms with van der Waals surface area (Å²) in [4.78, 5) is 10.1. The lowest BCUT2D eigenvalue weighted by atomic mass is 9.96. The van der Waals surface area contributed by atoms with E-state index in [1.54, 1.807) is 0 Å². The van der Waals surface area contributed by atoms with Gasteiger partial charge in [0, 0.05) is 0 Å². The Hall–Kier alpha value is -0.590. The molecule has 0 N–H and O–H groups in total. The van der Waals surface area contributed by atoms with Crippen LogP contribution in [0, 0.1) is 5.92 Å². The Morgan fingerprint density at radius 2 is 2.00 bits per heavy atom. The third-order valence-electron chi connectivity index (χ3n) is 2.15. The van der Waals surface area contributed by atoms with Gasteiger partial charge in [-0.25, -0.2) is 0 Å². The minimum atomic E-state index is 0.608. The molecule has 0 atom stereocenters. The second kappa shape index (κ2) is 6.14. The zero-order valence-electron chi connectivity index (χ0n) is 7.52. The maximum Gasteiger partial charge on any atom is 0.228 e. The van der Waals surface area contributed by atoms with E-state index in [0.29, 0.717) is 5.57 Å². The molecular formula is C10H17O. The molecule has 0 spiro atoms. The largest absolute Gasteiger partial charge is 0.285 e. The standard InChI is InChI=1S/C10H17O/c1-4-10(5-2)7-6-9(3)8-11/h10H,3-7H2,1-2H3. The fourth-order valence-electron chi connectivity index (χ4n) is 1.13. The second-order valence-corrected chi connectivity index (χ2v) is 2.93. The van der Waals surface area contributed by atoms with Crippen molar-refractivity contribution in [1.29, 1.82) is 0 Å². The van der Waals surface area contributed by atoms with E-state index in [1.807, 2.05) is 6.29 Å². The molecule has 0 amide bonds. The van der Waals surface area contributed by atoms with E-state index >= 15 is 0 Å². The lowest BCUT2D eigenvalue weighted by Gasteiger charge is -2.10. The molecule has 0 saturated heterocycles. The van der Waals surface area contributed by atoms with Gasteiger partial charge in [-0.3, -0.25) is 4.79 Å². The molecule has 0 unspecified atom stereocenters. The number of carbonyl (C=O) groups excluding carboxylic acids is 1. The van der Waals surface area contributed by atoms with Gasteiger partial charge in [0.15, 0.2) is 0 Å². The fraction of sp³-hybridized carbons (Fsp3) is 0.700. The van der Waals surface area contributed by atoms with Gasteiger partial charge in [0.05, 0.1) is 0 Å². The summed E-state index contributed by atoms with van der Waals surface area (Å²) in [6.07, 6.45) is 6.12. The van der Waals surface area contributed by atoms with Crippen LogP contribution in [0.4, 0.5) is 0 Å². The summed E-state index contributed by atoms with van der Waals surface area (Å²) in [5, 5.41) is 0. The lowest BCUT2D eigenvalue weighted by Crippen LogP contribution is -1.97. The first-order valence-corrected chi connectivity index (χ1v) is 4.30. The van der Waals surface area contributed by atoms with Gasteiger partial charge in [-0.05, 0) is 24.3 Å². The normalized spacial score (nSPS) is 10.1. The molecule has 0 aromatic carbocycles. The van der Waals surface area contributed by atoms with E-state index in [2.05, 4.69) is 20.4 Å². The third-order valence-corrected chi connectivity index (χ3v) is 2.15. The van der Waals surface area contributed by atoms with Crippen LogP contribution in [0.5, 0.6) is 0 Å². The summed E-state index contributed by atoms with van der Waals surface area (Å²) in [7, 11) is 0. The maximum absolute atomic E-state index is 10.1. The zero-order chi connectivity index (χ0) is 8.69. The molecule has 0 aliphatic carbocycles. The summed E-state index contributed by atoms with van der Waals surface area (Å²) in [5.74, 6) is 0.750. The van der Waals surface area contributed by atoms with Crippen molar-refractivity contribution in [3.63, 3.8) is 0 Å². The first-order chi connectivity index (χ1) is 5.24. The van der Waals surface area contributed by atoms with Crippen molar-refractivity contribution < 1.29 is 4.79 Å². The molecule has 0 heterocycles. The Morgan fingerprint density at radius 1 is 1.45 bits per heavy atom. The predicted molar refractivity (Wildman–Crippen MR) is 48.1 cm³/mol. The Morgan fingerprint density at radius 3 is 2.36 bits per heavy atom. The van der Waals surface area contributed by atoms with Crippen molar-refractivity contribution in [2.75, 3.05) is 0 Å². The van der Waals surface area contributed by atoms with Gasteiger partial charge in [-0.2, -0.15) is 0 Å². The number of rotatable bonds is 6. The van der Waals surface area contributed by atoms with E-state index < -0.39 is 0 Å². The van der Waals surface area contributed by atoms with Crippen LogP contribution in [0.2, 0.25) is 0 Å². The summed E-state index contributed by atoms with van der Waals surface area (Å²) in [5.41, 5.74) is 0.608. The van der Waals surface area contributed by atoms with Gasteiger partial charge in [0.25, 0.3) is 0 Å². The number of hydrogen-bond donors (Lipinski definition) is 0. The van der Waals surface area contributed by atoms with Gasteiger partial charge < -0.3 is 0 Å². The monoisotopic (exact) mass is 153 g/mol. The fourth-order valence-corrected chi connectivity index (χ4v) is 1.13. The van der Waals surface area contributed by atoms with E-state index in [-0.39, 0.29) is 0 Å². The smallest absolute Gasteiger partial charge is 0.228 e. The molecule has 63 valence electrons. The highest BCUT2D eigenvalue weighted by Crippen LogP contribution is 2.16. The molecule has 0 saturated carbocycles. The van der Waals surface area contributed by atoms with Crippen molar-refractivity contribution in [2.45, 2.75) is 39.5 Å². The molecule has 11 heavy (non-hydrogen) atoms. The summed E-state index contributed by atoms with van der Waals surface area (Å²) >= 11 is 0. The molecule has 1 nitrogen and oxygen atoms in total. The minimum Gasteiger partial charge on any atom is -0.285 e. The molecule has 0 rings (SSSR count). The highest BCUT2D eigenvalue weighted by atomic mass is 16.1. The van der Waals surface area contributed by atoms with Gasteiger partial charge in [0.1, 0.15) is 0 Å². The van der Waals surface area contributed by atoms with Gasteiger partial charge in [-0.15, -0.1) is 0 Å². The van der Waals surface area contributed by atoms with Crippen LogP contribution in [0.15, 0.2) is 12.2 Å². The number of allylic oxidation sites excluding steroid dienone is 1. The summed E-state index contributed by atoms with van der Waals surface area (Å²) < 4.78 is 0. The first-order valence-electron chi connectivity index (χ1n) is 4.30. The minimum absolute atomic E-state index is 0.608. The summed E-state index contributed by atoms with van der Waals surface area (Å²) in [6, 6.07) is 0. The second-order valence-electron chi connectivity index (χ2n) is 2.93. The Bertz CT molecular complexity index is 123. The van der Waals surface area contributed by atoms with Crippen LogP contribution in [-0.4, -0.2) is 6.29 Å². The number of hydrogen-bond acceptors (Lipinski definition) is 1. The van der Waals surface area contributed by atoms with Crippen molar-refractivity contribution >= 4 is 6.29 Å². The molecule has 0 fully saturated rings. The predicted octanol–water partition coefficient (Wildman–Crippen LogP) is 2.87. The summed E-state index contributed by atoms with van der Waals surface area (Å²) in [6.45, 7) is 7.95. The van der Waals surface area contributed by atoms with E-state index in [0.717, 1.165) is 18.8 Å². The van der Waals surface area contributed by atoms with Crippen molar-refractivity contribution in [2.24, 2.45) is 5.92 Å². The van der Waals surface area contributed by atoms with Crippen LogP contribution < -0.4 is 0 Å². The molecule has 0 bridgehead atoms. The van der Waals surface area contributed by atoms with Crippen LogP contribution in [0.25, 0.3) is 0 Å². The Balaban J connectivity index is 3.49. The van der Waals surface area contributed by atoms with Crippen molar-refractivity contribution in [1.82, 2.24) is 0 Å². The van der Waals surface area contributed by atoms with E-state index in [9.17, 15) is 4.79 Å². The zero-order valence-corrected chi connectivity index (χ0v) is 7.52. The topological polar surface area (TPSA) is 17.1 Å². The SMILES string of the molecule is C=C([C]=O)CCC(CC)CC. The molecule has 1 heteroatoms. The van der Waals surface area contributed by atoms with Gasteiger partial charge in [-0.1, -0.05) is 33.3 Å². The van der Waals surface area contributed by atoms with Crippen LogP contribution in [-0.2, 0) is 4.79 Å². The highest BCUT2D eigenvalue weighted by Gasteiger charge is 2.03. The highest BCUT2D eigenvalue weighted by molar-refractivity contribution is 5.72. The van der Waals surface area contributed by atoms with Gasteiger partial charge >= 0.3 is 0 Å². The van der Waals surface area contributed by atoms with Crippen molar-refractivity contribution in [3.05, 3.63) is 12.2 Å². The van der Waals surface area contributed by atoms with E-state index in [4.69, 9.17) is 0 Å². The lowest BCUT2D eigenvalue weighted by molar-refractivity contribution is 0.456. The molecule has 0 aromatic rings. The van der Waals surface area contributed by atoms with Crippen molar-refractivity contribution in [3.8, 4) is 0 Å². The molecule has 0 aromatic heterocycles. The van der Waals surface area contributed by atoms with Crippen LogP contribution in [0.3, 0.4) is 0 Å². The third kappa shape index (κ3) is 4.77. The first kappa shape index (κ1) is 10.4. The maximum atomic E-state index is 10.1. The Kier molecular flexibility index (Phi) is 5.81. The average molecular weight is 153 g/mol. The Labute approximate surface area is 69.5 Å². The quantitative estimate of drug-likeness (QED) is 0.536. The van der Waals surface area contributed by atoms with Crippen LogP contribution >= 0.6 is 0 Å². The molecular weight excluding hydrogens is 136 g/mol.